The summed E-state index contributed by atoms with van der Waals surface area (Å²) in [5.41, 5.74) is 0. The molecule has 6 unspecified atom stereocenters. The summed E-state index contributed by atoms with van der Waals surface area (Å²) in [7, 11) is 0. The topological polar surface area (TPSA) is 175 Å². The van der Waals surface area contributed by atoms with Crippen molar-refractivity contribution in [3.63, 3.8) is 0 Å². The number of esters is 3. The molecule has 0 bridgehead atoms. The third kappa shape index (κ3) is 41.7. The van der Waals surface area contributed by atoms with Crippen LogP contribution >= 0.6 is 0 Å². The van der Waals surface area contributed by atoms with Gasteiger partial charge in [-0.3, -0.25) is 14.4 Å². The standard InChI is InChI=1S/C63H112O12/c1-4-7-10-13-16-19-22-24-26-27-28-29-31-32-35-37-40-43-46-49-55(64)71-52-54(73-56(65)50-47-44-41-38-34-21-18-15-12-9-6-3)53-72-63-61(59(68)58(67)60(75-63)62(69)70)74-57(66)51-48-45-42-39-36-33-30-25-23-20-17-14-11-8-5-2/h17,20,24-26,30,54,58-61,63,67-68H,4-16,18-19,21-23,27-29,31-53H2,1-3H3,(H,69,70)/b20-17-,26-24-,30-25-. The highest BCUT2D eigenvalue weighted by Gasteiger charge is 2.50. The summed E-state index contributed by atoms with van der Waals surface area (Å²) in [5.74, 6) is -3.11. The van der Waals surface area contributed by atoms with Gasteiger partial charge in [0.1, 0.15) is 18.8 Å². The van der Waals surface area contributed by atoms with Gasteiger partial charge in [-0.05, 0) is 77.0 Å². The van der Waals surface area contributed by atoms with Crippen LogP contribution in [0.2, 0.25) is 0 Å². The maximum atomic E-state index is 13.1. The summed E-state index contributed by atoms with van der Waals surface area (Å²) in [6.45, 7) is 5.97. The average Bonchev–Trinajstić information content (AvgIpc) is 3.39. The van der Waals surface area contributed by atoms with E-state index in [1.54, 1.807) is 0 Å². The second kappa shape index (κ2) is 51.7. The predicted octanol–water partition coefficient (Wildman–Crippen LogP) is 16.0. The number of hydrogen-bond donors (Lipinski definition) is 3. The monoisotopic (exact) mass is 1060 g/mol. The molecular weight excluding hydrogens is 949 g/mol. The third-order valence-corrected chi connectivity index (χ3v) is 14.2. The number of aliphatic carboxylic acids is 1. The van der Waals surface area contributed by atoms with Gasteiger partial charge >= 0.3 is 23.9 Å². The highest BCUT2D eigenvalue weighted by molar-refractivity contribution is 5.74. The lowest BCUT2D eigenvalue weighted by Gasteiger charge is -2.40. The SMILES string of the molecule is CCCCC/C=C\C/C=C\CCCCCCCC(=O)OC1C(OCC(COC(=O)CCCCCCCCCCC/C=C\CCCCCCCC)OC(=O)CCCCCCCCCCCCC)OC(C(=O)O)C(O)C1O. The molecule has 0 amide bonds. The molecule has 0 spiro atoms. The second-order valence-corrected chi connectivity index (χ2v) is 21.3. The first kappa shape index (κ1) is 70.0. The number of carbonyl (C=O) groups excluding carboxylic acids is 3. The molecule has 1 fully saturated rings. The van der Waals surface area contributed by atoms with Crippen LogP contribution in [0.3, 0.4) is 0 Å². The van der Waals surface area contributed by atoms with E-state index in [0.717, 1.165) is 83.5 Å². The minimum Gasteiger partial charge on any atom is -0.479 e. The summed E-state index contributed by atoms with van der Waals surface area (Å²) in [6, 6.07) is 0. The summed E-state index contributed by atoms with van der Waals surface area (Å²) < 4.78 is 28.4. The Morgan fingerprint density at radius 3 is 1.24 bits per heavy atom. The highest BCUT2D eigenvalue weighted by Crippen LogP contribution is 2.27. The van der Waals surface area contributed by atoms with Crippen LogP contribution in [0, 0.1) is 0 Å². The van der Waals surface area contributed by atoms with Crippen molar-refractivity contribution in [2.24, 2.45) is 0 Å². The molecule has 0 radical (unpaired) electrons. The Bertz CT molecular complexity index is 1450. The number of hydrogen-bond acceptors (Lipinski definition) is 11. The molecule has 12 nitrogen and oxygen atoms in total. The van der Waals surface area contributed by atoms with E-state index in [1.165, 1.54) is 148 Å². The van der Waals surface area contributed by atoms with Crippen molar-refractivity contribution < 1.29 is 58.2 Å². The molecule has 75 heavy (non-hydrogen) atoms. The Morgan fingerprint density at radius 2 is 0.800 bits per heavy atom. The number of allylic oxidation sites excluding steroid dienone is 6. The van der Waals surface area contributed by atoms with Gasteiger partial charge in [0.25, 0.3) is 0 Å². The van der Waals surface area contributed by atoms with E-state index in [-0.39, 0.29) is 25.9 Å². The molecule has 1 saturated heterocycles. The van der Waals surface area contributed by atoms with E-state index in [2.05, 4.69) is 57.2 Å². The number of carbonyl (C=O) groups is 4. The fourth-order valence-electron chi connectivity index (χ4n) is 9.39. The van der Waals surface area contributed by atoms with E-state index in [9.17, 15) is 34.5 Å². The molecule has 436 valence electrons. The van der Waals surface area contributed by atoms with Crippen molar-refractivity contribution >= 4 is 23.9 Å². The average molecular weight is 1060 g/mol. The third-order valence-electron chi connectivity index (χ3n) is 14.2. The van der Waals surface area contributed by atoms with E-state index in [4.69, 9.17) is 23.7 Å². The van der Waals surface area contributed by atoms with Crippen LogP contribution in [0.4, 0.5) is 0 Å². The maximum Gasteiger partial charge on any atom is 0.335 e. The molecule has 0 aromatic heterocycles. The normalized spacial score (nSPS) is 18.3. The first-order chi connectivity index (χ1) is 36.6. The van der Waals surface area contributed by atoms with Crippen molar-refractivity contribution in [2.75, 3.05) is 13.2 Å². The van der Waals surface area contributed by atoms with Crippen molar-refractivity contribution in [3.8, 4) is 0 Å². The molecule has 1 rings (SSSR count). The molecule has 0 aliphatic carbocycles. The zero-order valence-electron chi connectivity index (χ0n) is 48.1. The summed E-state index contributed by atoms with van der Waals surface area (Å²) in [4.78, 5) is 51.1. The number of aliphatic hydroxyl groups is 2. The van der Waals surface area contributed by atoms with Gasteiger partial charge in [0, 0.05) is 19.3 Å². The zero-order chi connectivity index (χ0) is 54.7. The number of rotatable bonds is 53. The Balaban J connectivity index is 2.64. The lowest BCUT2D eigenvalue weighted by molar-refractivity contribution is -0.301. The molecule has 0 aromatic carbocycles. The lowest BCUT2D eigenvalue weighted by Crippen LogP contribution is -2.61. The van der Waals surface area contributed by atoms with Gasteiger partial charge in [0.15, 0.2) is 24.6 Å². The minimum absolute atomic E-state index is 0.0474. The Kier molecular flexibility index (Phi) is 48.2. The first-order valence-corrected chi connectivity index (χ1v) is 31.0. The quantitative estimate of drug-likeness (QED) is 0.0228. The van der Waals surface area contributed by atoms with Crippen molar-refractivity contribution in [1.29, 1.82) is 0 Å². The summed E-state index contributed by atoms with van der Waals surface area (Å²) in [6.07, 6.45) is 48.3. The van der Waals surface area contributed by atoms with Crippen LogP contribution in [0.5, 0.6) is 0 Å². The van der Waals surface area contributed by atoms with Crippen LogP contribution in [0.25, 0.3) is 0 Å². The van der Waals surface area contributed by atoms with Gasteiger partial charge < -0.3 is 39.0 Å². The van der Waals surface area contributed by atoms with E-state index >= 15 is 0 Å². The molecule has 0 aromatic rings. The van der Waals surface area contributed by atoms with Crippen LogP contribution in [-0.4, -0.2) is 89.2 Å². The summed E-state index contributed by atoms with van der Waals surface area (Å²) >= 11 is 0. The second-order valence-electron chi connectivity index (χ2n) is 21.3. The van der Waals surface area contributed by atoms with Gasteiger partial charge in [-0.15, -0.1) is 0 Å². The maximum absolute atomic E-state index is 13.1. The smallest absolute Gasteiger partial charge is 0.335 e. The molecule has 1 aliphatic rings. The number of carboxylic acid groups (broad SMARTS) is 1. The molecule has 12 heteroatoms. The highest BCUT2D eigenvalue weighted by atomic mass is 16.7. The Hall–Kier alpha value is -3.06. The van der Waals surface area contributed by atoms with E-state index in [0.29, 0.717) is 19.3 Å². The van der Waals surface area contributed by atoms with Crippen LogP contribution < -0.4 is 0 Å². The van der Waals surface area contributed by atoms with Gasteiger partial charge in [-0.25, -0.2) is 4.79 Å². The lowest BCUT2D eigenvalue weighted by atomic mass is 9.98. The first-order valence-electron chi connectivity index (χ1n) is 31.0. The van der Waals surface area contributed by atoms with Crippen molar-refractivity contribution in [1.82, 2.24) is 0 Å². The van der Waals surface area contributed by atoms with Crippen LogP contribution in [0.15, 0.2) is 36.5 Å². The number of ether oxygens (including phenoxy) is 5. The van der Waals surface area contributed by atoms with Gasteiger partial charge in [-0.1, -0.05) is 231 Å². The Labute approximate surface area is 457 Å². The van der Waals surface area contributed by atoms with Crippen molar-refractivity contribution in [3.05, 3.63) is 36.5 Å². The molecule has 1 aliphatic heterocycles. The van der Waals surface area contributed by atoms with E-state index < -0.39 is 67.3 Å². The van der Waals surface area contributed by atoms with Gasteiger partial charge in [-0.2, -0.15) is 0 Å². The van der Waals surface area contributed by atoms with Crippen LogP contribution in [0.1, 0.15) is 290 Å². The summed E-state index contributed by atoms with van der Waals surface area (Å²) in [5, 5.41) is 31.5. The largest absolute Gasteiger partial charge is 0.479 e. The molecular formula is C63H112O12. The fraction of sp³-hybridized carbons (Fsp3) is 0.841. The minimum atomic E-state index is -1.90. The number of carboxylic acids is 1. The predicted molar refractivity (Wildman–Crippen MR) is 303 cm³/mol. The van der Waals surface area contributed by atoms with Gasteiger partial charge in [0.2, 0.25) is 0 Å². The number of aliphatic hydroxyl groups excluding tert-OH is 2. The zero-order valence-corrected chi connectivity index (χ0v) is 48.1. The van der Waals surface area contributed by atoms with Crippen molar-refractivity contribution in [2.45, 2.75) is 327 Å². The molecule has 6 atom stereocenters. The Morgan fingerprint density at radius 1 is 0.440 bits per heavy atom. The molecule has 0 saturated carbocycles. The van der Waals surface area contributed by atoms with E-state index in [1.807, 2.05) is 0 Å². The van der Waals surface area contributed by atoms with Crippen LogP contribution in [-0.2, 0) is 42.9 Å². The molecule has 1 heterocycles. The number of unbranched alkanes of at least 4 members (excludes halogenated alkanes) is 33. The molecule has 3 N–H and O–H groups in total. The fourth-order valence-corrected chi connectivity index (χ4v) is 9.39. The van der Waals surface area contributed by atoms with Gasteiger partial charge in [0.05, 0.1) is 6.61 Å².